The highest BCUT2D eigenvalue weighted by Crippen LogP contribution is 2.15. The van der Waals surface area contributed by atoms with E-state index in [1.54, 1.807) is 7.05 Å². The average Bonchev–Trinajstić information content (AvgIpc) is 2.14. The zero-order valence-electron chi connectivity index (χ0n) is 7.70. The quantitative estimate of drug-likeness (QED) is 0.521. The molecule has 0 aliphatic rings. The number of rotatable bonds is 1. The summed E-state index contributed by atoms with van der Waals surface area (Å²) in [6, 6.07) is 1.92. The Kier molecular flexibility index (Phi) is 3.43. The first-order valence-corrected chi connectivity index (χ1v) is 4.03. The molecule has 1 rings (SSSR count). The summed E-state index contributed by atoms with van der Waals surface area (Å²) in [5.74, 6) is 3.45. The maximum Gasteiger partial charge on any atom is 0.160 e. The summed E-state index contributed by atoms with van der Waals surface area (Å²) < 4.78 is 25.4. The Morgan fingerprint density at radius 1 is 1.36 bits per heavy atom. The van der Waals surface area contributed by atoms with Crippen LogP contribution in [0.3, 0.4) is 0 Å². The van der Waals surface area contributed by atoms with Crippen LogP contribution in [0.1, 0.15) is 5.56 Å². The number of nitrogen functional groups attached to an aromatic ring is 1. The Hall–Kier alpha value is -1.60. The van der Waals surface area contributed by atoms with Crippen LogP contribution in [0, 0.1) is 23.5 Å². The molecular formula is C10H10F2N2. The third-order valence-electron chi connectivity index (χ3n) is 1.58. The highest BCUT2D eigenvalue weighted by atomic mass is 19.2. The van der Waals surface area contributed by atoms with E-state index in [4.69, 9.17) is 5.73 Å². The average molecular weight is 196 g/mol. The van der Waals surface area contributed by atoms with Crippen LogP contribution in [0.5, 0.6) is 0 Å². The number of hydrogen-bond donors (Lipinski definition) is 2. The molecular weight excluding hydrogens is 186 g/mol. The molecule has 0 amide bonds. The van der Waals surface area contributed by atoms with Gasteiger partial charge in [-0.15, -0.1) is 0 Å². The summed E-state index contributed by atoms with van der Waals surface area (Å²) >= 11 is 0. The number of benzene rings is 1. The van der Waals surface area contributed by atoms with Crippen LogP contribution in [-0.2, 0) is 0 Å². The lowest BCUT2D eigenvalue weighted by Crippen LogP contribution is -2.04. The van der Waals surface area contributed by atoms with Crippen LogP contribution in [-0.4, -0.2) is 13.6 Å². The molecule has 0 bridgehead atoms. The molecule has 0 saturated carbocycles. The Morgan fingerprint density at radius 2 is 2.00 bits per heavy atom. The van der Waals surface area contributed by atoms with E-state index < -0.39 is 11.6 Å². The zero-order chi connectivity index (χ0) is 10.6. The standard InChI is InChI=1S/C10H10F2N2/c1-14-4-2-3-7-5-8(11)9(12)6-10(7)13/h5-6,14H,4,13H2,1H3. The monoisotopic (exact) mass is 196 g/mol. The second-order valence-corrected chi connectivity index (χ2v) is 2.69. The third-order valence-corrected chi connectivity index (χ3v) is 1.58. The molecule has 0 fully saturated rings. The topological polar surface area (TPSA) is 38.0 Å². The molecule has 0 unspecified atom stereocenters. The molecule has 0 saturated heterocycles. The Bertz CT molecular complexity index is 391. The van der Waals surface area contributed by atoms with Gasteiger partial charge in [-0.05, 0) is 13.1 Å². The van der Waals surface area contributed by atoms with Gasteiger partial charge in [0.15, 0.2) is 11.6 Å². The summed E-state index contributed by atoms with van der Waals surface area (Å²) in [5.41, 5.74) is 5.89. The molecule has 2 nitrogen and oxygen atoms in total. The fourth-order valence-corrected chi connectivity index (χ4v) is 0.898. The number of nitrogens with two attached hydrogens (primary N) is 1. The smallest absolute Gasteiger partial charge is 0.160 e. The molecule has 74 valence electrons. The van der Waals surface area contributed by atoms with Crippen LogP contribution in [0.25, 0.3) is 0 Å². The van der Waals surface area contributed by atoms with Crippen molar-refractivity contribution >= 4 is 5.69 Å². The number of anilines is 1. The van der Waals surface area contributed by atoms with Crippen LogP contribution in [0.15, 0.2) is 12.1 Å². The molecule has 14 heavy (non-hydrogen) atoms. The van der Waals surface area contributed by atoms with Gasteiger partial charge in [0.2, 0.25) is 0 Å². The van der Waals surface area contributed by atoms with E-state index in [-0.39, 0.29) is 5.69 Å². The van der Waals surface area contributed by atoms with Crippen molar-refractivity contribution in [3.63, 3.8) is 0 Å². The predicted molar refractivity (Wildman–Crippen MR) is 51.6 cm³/mol. The summed E-state index contributed by atoms with van der Waals surface area (Å²) in [7, 11) is 1.74. The molecule has 0 aromatic heterocycles. The molecule has 0 aliphatic carbocycles. The van der Waals surface area contributed by atoms with Crippen molar-refractivity contribution in [1.82, 2.24) is 5.32 Å². The van der Waals surface area contributed by atoms with Crippen molar-refractivity contribution in [3.05, 3.63) is 29.3 Å². The molecule has 0 spiro atoms. The molecule has 0 heterocycles. The van der Waals surface area contributed by atoms with E-state index in [0.29, 0.717) is 12.1 Å². The van der Waals surface area contributed by atoms with Crippen molar-refractivity contribution < 1.29 is 8.78 Å². The van der Waals surface area contributed by atoms with Gasteiger partial charge in [-0.25, -0.2) is 8.78 Å². The largest absolute Gasteiger partial charge is 0.398 e. The lowest BCUT2D eigenvalue weighted by atomic mass is 10.2. The maximum absolute atomic E-state index is 12.8. The Labute approximate surface area is 81.1 Å². The summed E-state index contributed by atoms with van der Waals surface area (Å²) in [5, 5.41) is 2.80. The second kappa shape index (κ2) is 4.58. The summed E-state index contributed by atoms with van der Waals surface area (Å²) in [6.07, 6.45) is 0. The SMILES string of the molecule is CNCC#Cc1cc(F)c(F)cc1N. The summed E-state index contributed by atoms with van der Waals surface area (Å²) in [6.45, 7) is 0.471. The van der Waals surface area contributed by atoms with Crippen LogP contribution < -0.4 is 11.1 Å². The zero-order valence-corrected chi connectivity index (χ0v) is 7.70. The van der Waals surface area contributed by atoms with Gasteiger partial charge < -0.3 is 11.1 Å². The lowest BCUT2D eigenvalue weighted by molar-refractivity contribution is 0.509. The van der Waals surface area contributed by atoms with Gasteiger partial charge in [0.25, 0.3) is 0 Å². The van der Waals surface area contributed by atoms with Crippen molar-refractivity contribution in [2.75, 3.05) is 19.3 Å². The molecule has 0 radical (unpaired) electrons. The molecule has 0 atom stereocenters. The number of halogens is 2. The molecule has 0 aliphatic heterocycles. The van der Waals surface area contributed by atoms with Crippen molar-refractivity contribution in [3.8, 4) is 11.8 Å². The van der Waals surface area contributed by atoms with Gasteiger partial charge in [0.05, 0.1) is 17.8 Å². The van der Waals surface area contributed by atoms with E-state index >= 15 is 0 Å². The first kappa shape index (κ1) is 10.5. The fraction of sp³-hybridized carbons (Fsp3) is 0.200. The lowest BCUT2D eigenvalue weighted by Gasteiger charge is -1.99. The molecule has 1 aromatic rings. The van der Waals surface area contributed by atoms with Gasteiger partial charge in [0, 0.05) is 6.07 Å². The Morgan fingerprint density at radius 3 is 2.64 bits per heavy atom. The van der Waals surface area contributed by atoms with Gasteiger partial charge in [0.1, 0.15) is 0 Å². The van der Waals surface area contributed by atoms with Gasteiger partial charge in [-0.3, -0.25) is 0 Å². The van der Waals surface area contributed by atoms with E-state index in [2.05, 4.69) is 17.2 Å². The van der Waals surface area contributed by atoms with Gasteiger partial charge >= 0.3 is 0 Å². The minimum Gasteiger partial charge on any atom is -0.398 e. The molecule has 3 N–H and O–H groups in total. The first-order valence-electron chi connectivity index (χ1n) is 4.03. The van der Waals surface area contributed by atoms with Crippen LogP contribution in [0.2, 0.25) is 0 Å². The van der Waals surface area contributed by atoms with Crippen LogP contribution >= 0.6 is 0 Å². The Balaban J connectivity index is 3.00. The van der Waals surface area contributed by atoms with Crippen molar-refractivity contribution in [2.24, 2.45) is 0 Å². The molecule has 1 aromatic carbocycles. The minimum atomic E-state index is -0.957. The summed E-state index contributed by atoms with van der Waals surface area (Å²) in [4.78, 5) is 0. The number of nitrogens with one attached hydrogen (secondary N) is 1. The van der Waals surface area contributed by atoms with Gasteiger partial charge in [-0.1, -0.05) is 11.8 Å². The maximum atomic E-state index is 12.8. The highest BCUT2D eigenvalue weighted by Gasteiger charge is 2.04. The number of hydrogen-bond acceptors (Lipinski definition) is 2. The second-order valence-electron chi connectivity index (χ2n) is 2.69. The van der Waals surface area contributed by atoms with E-state index in [9.17, 15) is 8.78 Å². The fourth-order valence-electron chi connectivity index (χ4n) is 0.898. The minimum absolute atomic E-state index is 0.146. The first-order chi connectivity index (χ1) is 6.65. The molecule has 4 heteroatoms. The van der Waals surface area contributed by atoms with Crippen molar-refractivity contribution in [1.29, 1.82) is 0 Å². The van der Waals surface area contributed by atoms with E-state index in [0.717, 1.165) is 12.1 Å². The predicted octanol–water partition coefficient (Wildman–Crippen LogP) is 1.12. The highest BCUT2D eigenvalue weighted by molar-refractivity contribution is 5.56. The normalized spacial score (nSPS) is 9.36. The van der Waals surface area contributed by atoms with E-state index in [1.165, 1.54) is 0 Å². The van der Waals surface area contributed by atoms with E-state index in [1.807, 2.05) is 0 Å². The third kappa shape index (κ3) is 2.44. The van der Waals surface area contributed by atoms with Gasteiger partial charge in [-0.2, -0.15) is 0 Å². The van der Waals surface area contributed by atoms with Crippen molar-refractivity contribution in [2.45, 2.75) is 0 Å². The van der Waals surface area contributed by atoms with Crippen LogP contribution in [0.4, 0.5) is 14.5 Å².